The van der Waals surface area contributed by atoms with Crippen LogP contribution in [-0.4, -0.2) is 10.6 Å². The Labute approximate surface area is 103 Å². The average molecular weight is 234 g/mol. The Morgan fingerprint density at radius 2 is 2.24 bits per heavy atom. The summed E-state index contributed by atoms with van der Waals surface area (Å²) < 4.78 is 1.79. The number of rotatable bonds is 4. The fourth-order valence-electron chi connectivity index (χ4n) is 2.61. The van der Waals surface area contributed by atoms with E-state index >= 15 is 0 Å². The maximum absolute atomic E-state index is 11.6. The second-order valence-electron chi connectivity index (χ2n) is 5.21. The van der Waals surface area contributed by atoms with Crippen molar-refractivity contribution in [3.8, 4) is 0 Å². The molecular weight excluding hydrogens is 212 g/mol. The van der Waals surface area contributed by atoms with E-state index in [9.17, 15) is 4.79 Å². The van der Waals surface area contributed by atoms with Gasteiger partial charge < -0.3 is 9.88 Å². The molecule has 1 aromatic rings. The van der Waals surface area contributed by atoms with E-state index < -0.39 is 0 Å². The van der Waals surface area contributed by atoms with Crippen LogP contribution in [0.3, 0.4) is 0 Å². The first-order valence-corrected chi connectivity index (χ1v) is 6.66. The minimum absolute atomic E-state index is 0.0946. The molecule has 0 aliphatic heterocycles. The van der Waals surface area contributed by atoms with Gasteiger partial charge in [0.2, 0.25) is 0 Å². The lowest BCUT2D eigenvalue weighted by molar-refractivity contribution is 0.602. The molecule has 94 valence electrons. The molecular formula is C14H22N2O. The first-order valence-electron chi connectivity index (χ1n) is 6.66. The summed E-state index contributed by atoms with van der Waals surface area (Å²) in [5.41, 5.74) is 1.18. The van der Waals surface area contributed by atoms with Crippen LogP contribution in [0.1, 0.15) is 39.5 Å². The first kappa shape index (κ1) is 12.2. The first-order chi connectivity index (χ1) is 8.19. The van der Waals surface area contributed by atoms with Gasteiger partial charge >= 0.3 is 0 Å². The van der Waals surface area contributed by atoms with E-state index in [-0.39, 0.29) is 5.56 Å². The van der Waals surface area contributed by atoms with Crippen LogP contribution in [0.25, 0.3) is 0 Å². The van der Waals surface area contributed by atoms with E-state index in [0.717, 1.165) is 24.6 Å². The summed E-state index contributed by atoms with van der Waals surface area (Å²) in [5.74, 6) is 0.828. The molecule has 1 fully saturated rings. The smallest absolute Gasteiger partial charge is 0.250 e. The molecule has 0 spiro atoms. The third kappa shape index (κ3) is 3.11. The van der Waals surface area contributed by atoms with Gasteiger partial charge in [0.1, 0.15) is 0 Å². The summed E-state index contributed by atoms with van der Waals surface area (Å²) in [5, 5.41) is 3.54. The summed E-state index contributed by atoms with van der Waals surface area (Å²) in [6, 6.07) is 4.14. The van der Waals surface area contributed by atoms with E-state index in [1.807, 2.05) is 12.3 Å². The van der Waals surface area contributed by atoms with Crippen LogP contribution in [0.2, 0.25) is 0 Å². The zero-order chi connectivity index (χ0) is 12.3. The molecule has 1 heterocycles. The maximum atomic E-state index is 11.6. The molecule has 0 bridgehead atoms. The molecule has 3 nitrogen and oxygen atoms in total. The van der Waals surface area contributed by atoms with Crippen LogP contribution in [-0.2, 0) is 6.54 Å². The Balaban J connectivity index is 2.06. The number of aryl methyl sites for hydroxylation is 1. The Morgan fingerprint density at radius 1 is 1.41 bits per heavy atom. The highest BCUT2D eigenvalue weighted by molar-refractivity contribution is 5.41. The molecule has 0 saturated heterocycles. The van der Waals surface area contributed by atoms with Crippen molar-refractivity contribution in [1.29, 1.82) is 0 Å². The van der Waals surface area contributed by atoms with Gasteiger partial charge in [0.05, 0.1) is 5.69 Å². The van der Waals surface area contributed by atoms with Crippen LogP contribution >= 0.6 is 0 Å². The maximum Gasteiger partial charge on any atom is 0.250 e. The van der Waals surface area contributed by atoms with Gasteiger partial charge in [-0.05, 0) is 37.7 Å². The average Bonchev–Trinajstić information content (AvgIpc) is 2.69. The summed E-state index contributed by atoms with van der Waals surface area (Å²) in [6.45, 7) is 5.19. The molecule has 1 aliphatic rings. The van der Waals surface area contributed by atoms with Crippen molar-refractivity contribution >= 4 is 5.69 Å². The number of pyridine rings is 1. The molecule has 3 heteroatoms. The predicted octanol–water partition coefficient (Wildman–Crippen LogP) is 2.86. The zero-order valence-electron chi connectivity index (χ0n) is 10.8. The highest BCUT2D eigenvalue weighted by Crippen LogP contribution is 2.27. The summed E-state index contributed by atoms with van der Waals surface area (Å²) in [7, 11) is 0. The molecule has 1 N–H and O–H groups in total. The van der Waals surface area contributed by atoms with Gasteiger partial charge in [-0.15, -0.1) is 0 Å². The lowest BCUT2D eigenvalue weighted by Crippen LogP contribution is -2.21. The minimum Gasteiger partial charge on any atom is -0.381 e. The third-order valence-electron chi connectivity index (χ3n) is 3.51. The van der Waals surface area contributed by atoms with Crippen molar-refractivity contribution in [1.82, 2.24) is 4.57 Å². The van der Waals surface area contributed by atoms with Gasteiger partial charge in [-0.2, -0.15) is 0 Å². The topological polar surface area (TPSA) is 34.0 Å². The van der Waals surface area contributed by atoms with Crippen molar-refractivity contribution in [3.05, 3.63) is 28.7 Å². The van der Waals surface area contributed by atoms with Gasteiger partial charge in [-0.1, -0.05) is 13.8 Å². The fourth-order valence-corrected chi connectivity index (χ4v) is 2.61. The van der Waals surface area contributed by atoms with E-state index in [2.05, 4.69) is 19.2 Å². The van der Waals surface area contributed by atoms with Crippen molar-refractivity contribution in [3.63, 3.8) is 0 Å². The number of hydrogen-bond acceptors (Lipinski definition) is 2. The Morgan fingerprint density at radius 3 is 2.88 bits per heavy atom. The van der Waals surface area contributed by atoms with E-state index in [0.29, 0.717) is 6.04 Å². The van der Waals surface area contributed by atoms with Crippen LogP contribution in [0.5, 0.6) is 0 Å². The van der Waals surface area contributed by atoms with E-state index in [4.69, 9.17) is 0 Å². The fraction of sp³-hybridized carbons (Fsp3) is 0.643. The molecule has 0 radical (unpaired) electrons. The van der Waals surface area contributed by atoms with Crippen molar-refractivity contribution in [2.75, 3.05) is 5.32 Å². The number of hydrogen-bond donors (Lipinski definition) is 1. The lowest BCUT2D eigenvalue weighted by Gasteiger charge is -2.15. The zero-order valence-corrected chi connectivity index (χ0v) is 10.8. The van der Waals surface area contributed by atoms with Gasteiger partial charge in [0.15, 0.2) is 0 Å². The normalized spacial score (nSPS) is 23.9. The SMILES string of the molecule is CCCn1cc(NC2CCC(C)C2)ccc1=O. The Kier molecular flexibility index (Phi) is 3.87. The third-order valence-corrected chi connectivity index (χ3v) is 3.51. The molecule has 1 aromatic heterocycles. The van der Waals surface area contributed by atoms with Crippen LogP contribution in [0.15, 0.2) is 23.1 Å². The number of aromatic nitrogens is 1. The van der Waals surface area contributed by atoms with Crippen molar-refractivity contribution in [2.45, 2.75) is 52.1 Å². The second kappa shape index (κ2) is 5.39. The minimum atomic E-state index is 0.0946. The number of nitrogens with one attached hydrogen (secondary N) is 1. The predicted molar refractivity (Wildman–Crippen MR) is 71.4 cm³/mol. The lowest BCUT2D eigenvalue weighted by atomic mass is 10.1. The van der Waals surface area contributed by atoms with Crippen molar-refractivity contribution < 1.29 is 0 Å². The molecule has 1 aliphatic carbocycles. The summed E-state index contributed by atoms with van der Waals surface area (Å²) in [4.78, 5) is 11.6. The molecule has 17 heavy (non-hydrogen) atoms. The van der Waals surface area contributed by atoms with Gasteiger partial charge in [-0.25, -0.2) is 0 Å². The Hall–Kier alpha value is -1.25. The largest absolute Gasteiger partial charge is 0.381 e. The van der Waals surface area contributed by atoms with Crippen LogP contribution < -0.4 is 10.9 Å². The molecule has 2 unspecified atom stereocenters. The quantitative estimate of drug-likeness (QED) is 0.869. The van der Waals surface area contributed by atoms with Gasteiger partial charge in [0.25, 0.3) is 5.56 Å². The highest BCUT2D eigenvalue weighted by Gasteiger charge is 2.20. The van der Waals surface area contributed by atoms with E-state index in [1.165, 1.54) is 19.3 Å². The number of nitrogens with zero attached hydrogens (tertiary/aromatic N) is 1. The molecule has 0 aromatic carbocycles. The highest BCUT2D eigenvalue weighted by atomic mass is 16.1. The van der Waals surface area contributed by atoms with Crippen molar-refractivity contribution in [2.24, 2.45) is 5.92 Å². The van der Waals surface area contributed by atoms with Crippen LogP contribution in [0, 0.1) is 5.92 Å². The number of anilines is 1. The summed E-state index contributed by atoms with van der Waals surface area (Å²) in [6.07, 6.45) is 6.74. The molecule has 2 rings (SSSR count). The van der Waals surface area contributed by atoms with Gasteiger partial charge in [-0.3, -0.25) is 4.79 Å². The molecule has 2 atom stereocenters. The van der Waals surface area contributed by atoms with Gasteiger partial charge in [0, 0.05) is 24.8 Å². The second-order valence-corrected chi connectivity index (χ2v) is 5.21. The van der Waals surface area contributed by atoms with E-state index in [1.54, 1.807) is 10.6 Å². The standard InChI is InChI=1S/C14H22N2O/c1-3-8-16-10-13(6-7-14(16)17)15-12-5-4-11(2)9-12/h6-7,10-12,15H,3-5,8-9H2,1-2H3. The Bertz CT molecular complexity index is 424. The monoisotopic (exact) mass is 234 g/mol. The molecule has 0 amide bonds. The summed E-state index contributed by atoms with van der Waals surface area (Å²) >= 11 is 0. The molecule has 1 saturated carbocycles. The van der Waals surface area contributed by atoms with Crippen LogP contribution in [0.4, 0.5) is 5.69 Å².